The van der Waals surface area contributed by atoms with Gasteiger partial charge in [0.1, 0.15) is 5.69 Å². The van der Waals surface area contributed by atoms with Crippen LogP contribution < -0.4 is 10.6 Å². The summed E-state index contributed by atoms with van der Waals surface area (Å²) in [6.07, 6.45) is 0.929. The smallest absolute Gasteiger partial charge is 0.340 e. The summed E-state index contributed by atoms with van der Waals surface area (Å²) in [6, 6.07) is 8.32. The quantitative estimate of drug-likeness (QED) is 0.506. The van der Waals surface area contributed by atoms with E-state index in [1.54, 1.807) is 44.2 Å². The summed E-state index contributed by atoms with van der Waals surface area (Å²) in [5, 5.41) is 5.88. The zero-order chi connectivity index (χ0) is 20.5. The van der Waals surface area contributed by atoms with Gasteiger partial charge in [0, 0.05) is 12.2 Å². The molecule has 0 spiro atoms. The standard InChI is InChI=1S/C20H27N5O3/c1-5-28-19(27)15-9-6-7-10-16(15)23-18(26)17-13-14(2)22-20(24-17)21-11-8-12-25(3)4/h6-7,9-10,13H,5,8,11-12H2,1-4H3,(H,23,26)(H,21,22,24). The average Bonchev–Trinajstić information content (AvgIpc) is 2.65. The number of carbonyl (C=O) groups is 2. The topological polar surface area (TPSA) is 96.4 Å². The normalized spacial score (nSPS) is 10.6. The molecule has 1 aromatic carbocycles. The molecule has 0 atom stereocenters. The van der Waals surface area contributed by atoms with Crippen molar-refractivity contribution in [1.82, 2.24) is 14.9 Å². The Morgan fingerprint density at radius 3 is 2.64 bits per heavy atom. The fraction of sp³-hybridized carbons (Fsp3) is 0.400. The first kappa shape index (κ1) is 21.3. The zero-order valence-corrected chi connectivity index (χ0v) is 16.8. The van der Waals surface area contributed by atoms with Gasteiger partial charge in [0.2, 0.25) is 5.95 Å². The maximum atomic E-state index is 12.7. The average molecular weight is 385 g/mol. The van der Waals surface area contributed by atoms with Gasteiger partial charge in [-0.1, -0.05) is 12.1 Å². The van der Waals surface area contributed by atoms with Crippen LogP contribution in [0.25, 0.3) is 0 Å². The number of nitrogens with one attached hydrogen (secondary N) is 2. The Morgan fingerprint density at radius 2 is 1.93 bits per heavy atom. The maximum absolute atomic E-state index is 12.7. The molecule has 150 valence electrons. The lowest BCUT2D eigenvalue weighted by Crippen LogP contribution is -2.19. The van der Waals surface area contributed by atoms with Crippen molar-refractivity contribution >= 4 is 23.5 Å². The second-order valence-electron chi connectivity index (χ2n) is 6.52. The largest absolute Gasteiger partial charge is 0.462 e. The molecule has 1 amide bonds. The third kappa shape index (κ3) is 6.31. The van der Waals surface area contributed by atoms with Crippen molar-refractivity contribution in [2.75, 3.05) is 44.4 Å². The van der Waals surface area contributed by atoms with Gasteiger partial charge in [0.25, 0.3) is 5.91 Å². The molecule has 0 fully saturated rings. The van der Waals surface area contributed by atoms with Crippen LogP contribution in [0.4, 0.5) is 11.6 Å². The number of hydrogen-bond donors (Lipinski definition) is 2. The highest BCUT2D eigenvalue weighted by molar-refractivity contribution is 6.07. The van der Waals surface area contributed by atoms with Crippen LogP contribution >= 0.6 is 0 Å². The van der Waals surface area contributed by atoms with E-state index in [0.29, 0.717) is 29.4 Å². The molecule has 0 saturated carbocycles. The molecule has 0 unspecified atom stereocenters. The van der Waals surface area contributed by atoms with Gasteiger partial charge >= 0.3 is 5.97 Å². The van der Waals surface area contributed by atoms with Crippen molar-refractivity contribution < 1.29 is 14.3 Å². The van der Waals surface area contributed by atoms with Crippen LogP contribution in [0.2, 0.25) is 0 Å². The number of para-hydroxylation sites is 1. The van der Waals surface area contributed by atoms with Crippen molar-refractivity contribution in [2.45, 2.75) is 20.3 Å². The molecule has 1 heterocycles. The minimum Gasteiger partial charge on any atom is -0.462 e. The van der Waals surface area contributed by atoms with Crippen molar-refractivity contribution in [3.8, 4) is 0 Å². The molecular formula is C20H27N5O3. The molecule has 8 heteroatoms. The molecule has 28 heavy (non-hydrogen) atoms. The number of ether oxygens (including phenoxy) is 1. The van der Waals surface area contributed by atoms with Crippen LogP contribution in [0, 0.1) is 6.92 Å². The predicted octanol–water partition coefficient (Wildman–Crippen LogP) is 2.58. The number of aryl methyl sites for hydroxylation is 1. The highest BCUT2D eigenvalue weighted by atomic mass is 16.5. The number of carbonyl (C=O) groups excluding carboxylic acids is 2. The van der Waals surface area contributed by atoms with E-state index in [0.717, 1.165) is 13.0 Å². The Bertz CT molecular complexity index is 823. The number of anilines is 2. The van der Waals surface area contributed by atoms with Gasteiger partial charge in [0.05, 0.1) is 17.9 Å². The molecule has 2 N–H and O–H groups in total. The zero-order valence-electron chi connectivity index (χ0n) is 16.8. The van der Waals surface area contributed by atoms with Crippen LogP contribution in [-0.2, 0) is 4.74 Å². The van der Waals surface area contributed by atoms with E-state index in [2.05, 4.69) is 25.5 Å². The van der Waals surface area contributed by atoms with Crippen LogP contribution in [0.5, 0.6) is 0 Å². The Labute approximate surface area is 165 Å². The molecule has 0 aliphatic carbocycles. The van der Waals surface area contributed by atoms with Gasteiger partial charge in [-0.3, -0.25) is 4.79 Å². The fourth-order valence-corrected chi connectivity index (χ4v) is 2.52. The molecule has 0 radical (unpaired) electrons. The van der Waals surface area contributed by atoms with Gasteiger partial charge in [-0.05, 0) is 59.1 Å². The van der Waals surface area contributed by atoms with Gasteiger partial charge in [-0.2, -0.15) is 0 Å². The van der Waals surface area contributed by atoms with E-state index in [-0.39, 0.29) is 12.3 Å². The van der Waals surface area contributed by atoms with E-state index in [1.165, 1.54) is 0 Å². The Morgan fingerprint density at radius 1 is 1.18 bits per heavy atom. The van der Waals surface area contributed by atoms with Crippen LogP contribution in [0.15, 0.2) is 30.3 Å². The molecule has 1 aromatic heterocycles. The number of amides is 1. The summed E-state index contributed by atoms with van der Waals surface area (Å²) in [4.78, 5) is 35.5. The van der Waals surface area contributed by atoms with Crippen molar-refractivity contribution in [3.05, 3.63) is 47.3 Å². The molecule has 0 bridgehead atoms. The van der Waals surface area contributed by atoms with E-state index in [9.17, 15) is 9.59 Å². The molecule has 2 aromatic rings. The first-order chi connectivity index (χ1) is 13.4. The SMILES string of the molecule is CCOC(=O)c1ccccc1NC(=O)c1cc(C)nc(NCCCN(C)C)n1. The maximum Gasteiger partial charge on any atom is 0.340 e. The molecule has 8 nitrogen and oxygen atoms in total. The summed E-state index contributed by atoms with van der Waals surface area (Å²) in [7, 11) is 4.03. The number of rotatable bonds is 9. The van der Waals surface area contributed by atoms with E-state index in [1.807, 2.05) is 14.1 Å². The number of nitrogens with zero attached hydrogens (tertiary/aromatic N) is 3. The summed E-state index contributed by atoms with van der Waals surface area (Å²) < 4.78 is 5.04. The number of benzene rings is 1. The molecule has 0 aliphatic rings. The lowest BCUT2D eigenvalue weighted by atomic mass is 10.1. The van der Waals surface area contributed by atoms with Crippen LogP contribution in [0.3, 0.4) is 0 Å². The Balaban J connectivity index is 2.11. The molecule has 0 saturated heterocycles. The summed E-state index contributed by atoms with van der Waals surface area (Å²) in [5.41, 5.74) is 1.57. The highest BCUT2D eigenvalue weighted by Crippen LogP contribution is 2.17. The lowest BCUT2D eigenvalue weighted by molar-refractivity contribution is 0.0527. The summed E-state index contributed by atoms with van der Waals surface area (Å²) in [5.74, 6) is -0.498. The van der Waals surface area contributed by atoms with Crippen molar-refractivity contribution in [1.29, 1.82) is 0 Å². The summed E-state index contributed by atoms with van der Waals surface area (Å²) in [6.45, 7) is 5.44. The first-order valence-electron chi connectivity index (χ1n) is 9.22. The minimum absolute atomic E-state index is 0.223. The van der Waals surface area contributed by atoms with Gasteiger partial charge in [0.15, 0.2) is 0 Å². The second-order valence-corrected chi connectivity index (χ2v) is 6.52. The van der Waals surface area contributed by atoms with Crippen molar-refractivity contribution in [2.24, 2.45) is 0 Å². The summed E-state index contributed by atoms with van der Waals surface area (Å²) >= 11 is 0. The van der Waals surface area contributed by atoms with Crippen LogP contribution in [0.1, 0.15) is 39.9 Å². The molecule has 0 aliphatic heterocycles. The van der Waals surface area contributed by atoms with Gasteiger partial charge < -0.3 is 20.3 Å². The van der Waals surface area contributed by atoms with Crippen LogP contribution in [-0.4, -0.2) is 60.5 Å². The predicted molar refractivity (Wildman–Crippen MR) is 109 cm³/mol. The van der Waals surface area contributed by atoms with E-state index in [4.69, 9.17) is 4.74 Å². The van der Waals surface area contributed by atoms with Gasteiger partial charge in [-0.15, -0.1) is 0 Å². The third-order valence-corrected chi connectivity index (χ3v) is 3.82. The number of aromatic nitrogens is 2. The van der Waals surface area contributed by atoms with E-state index >= 15 is 0 Å². The highest BCUT2D eigenvalue weighted by Gasteiger charge is 2.16. The third-order valence-electron chi connectivity index (χ3n) is 3.82. The fourth-order valence-electron chi connectivity index (χ4n) is 2.52. The Kier molecular flexibility index (Phi) is 7.88. The second kappa shape index (κ2) is 10.4. The minimum atomic E-state index is -0.486. The van der Waals surface area contributed by atoms with E-state index < -0.39 is 11.9 Å². The number of hydrogen-bond acceptors (Lipinski definition) is 7. The van der Waals surface area contributed by atoms with Crippen molar-refractivity contribution in [3.63, 3.8) is 0 Å². The lowest BCUT2D eigenvalue weighted by Gasteiger charge is -2.12. The molecule has 2 rings (SSSR count). The number of esters is 1. The molecular weight excluding hydrogens is 358 g/mol. The van der Waals surface area contributed by atoms with Gasteiger partial charge in [-0.25, -0.2) is 14.8 Å². The monoisotopic (exact) mass is 385 g/mol. The Hall–Kier alpha value is -3.00. The first-order valence-corrected chi connectivity index (χ1v) is 9.22.